The van der Waals surface area contributed by atoms with Crippen LogP contribution < -0.4 is 10.5 Å². The predicted octanol–water partition coefficient (Wildman–Crippen LogP) is 4.74. The standard InChI is InChI=1S/C26H22ClN7O2/c1-2-22(35)33-11-3-4-18(15-33)34-25-20(27)14-31-26(29)23(25)24(32-34)16-5-7-19(8-6-16)36-21-9-10-30-13-17(21)12-28/h2,5-10,13-14,18H,1,3-4,11,15H2,(H2,29,31)/t18-/m1/s1. The fourth-order valence-corrected chi connectivity index (χ4v) is 4.70. The second-order valence-corrected chi connectivity index (χ2v) is 8.81. The zero-order chi connectivity index (χ0) is 25.2. The van der Waals surface area contributed by atoms with Crippen LogP contribution in [0.5, 0.6) is 11.5 Å². The molecule has 2 N–H and O–H groups in total. The molecule has 180 valence electrons. The molecule has 0 spiro atoms. The molecule has 1 saturated heterocycles. The van der Waals surface area contributed by atoms with E-state index in [1.807, 2.05) is 16.8 Å². The van der Waals surface area contributed by atoms with Gasteiger partial charge in [-0.15, -0.1) is 0 Å². The Bertz CT molecular complexity index is 1510. The van der Waals surface area contributed by atoms with Crippen molar-refractivity contribution in [2.45, 2.75) is 18.9 Å². The number of pyridine rings is 2. The van der Waals surface area contributed by atoms with Crippen LogP contribution in [-0.4, -0.2) is 43.6 Å². The lowest BCUT2D eigenvalue weighted by Gasteiger charge is -2.32. The summed E-state index contributed by atoms with van der Waals surface area (Å²) >= 11 is 6.60. The Hall–Kier alpha value is -4.42. The summed E-state index contributed by atoms with van der Waals surface area (Å²) in [7, 11) is 0. The van der Waals surface area contributed by atoms with Gasteiger partial charge in [-0.3, -0.25) is 14.5 Å². The number of rotatable bonds is 5. The monoisotopic (exact) mass is 499 g/mol. The lowest BCUT2D eigenvalue weighted by Crippen LogP contribution is -2.40. The topological polar surface area (TPSA) is 123 Å². The van der Waals surface area contributed by atoms with Crippen molar-refractivity contribution < 1.29 is 9.53 Å². The van der Waals surface area contributed by atoms with Crippen molar-refractivity contribution in [3.8, 4) is 28.8 Å². The van der Waals surface area contributed by atoms with Crippen LogP contribution in [0, 0.1) is 11.3 Å². The maximum Gasteiger partial charge on any atom is 0.246 e. The van der Waals surface area contributed by atoms with Crippen molar-refractivity contribution in [3.63, 3.8) is 0 Å². The molecule has 4 heterocycles. The van der Waals surface area contributed by atoms with Crippen molar-refractivity contribution in [2.75, 3.05) is 18.8 Å². The highest BCUT2D eigenvalue weighted by molar-refractivity contribution is 6.35. The van der Waals surface area contributed by atoms with Gasteiger partial charge in [-0.25, -0.2) is 4.98 Å². The maximum absolute atomic E-state index is 12.2. The highest BCUT2D eigenvalue weighted by Gasteiger charge is 2.28. The number of nitrogens with zero attached hydrogens (tertiary/aromatic N) is 6. The molecule has 36 heavy (non-hydrogen) atoms. The van der Waals surface area contributed by atoms with E-state index >= 15 is 0 Å². The van der Waals surface area contributed by atoms with E-state index < -0.39 is 0 Å². The lowest BCUT2D eigenvalue weighted by atomic mass is 10.1. The summed E-state index contributed by atoms with van der Waals surface area (Å²) in [6.07, 6.45) is 7.56. The van der Waals surface area contributed by atoms with Crippen molar-refractivity contribution in [3.05, 3.63) is 72.2 Å². The van der Waals surface area contributed by atoms with Crippen molar-refractivity contribution in [1.82, 2.24) is 24.6 Å². The molecule has 1 aliphatic rings. The fraction of sp³-hybridized carbons (Fsp3) is 0.192. The van der Waals surface area contributed by atoms with E-state index in [1.54, 1.807) is 29.3 Å². The summed E-state index contributed by atoms with van der Waals surface area (Å²) in [5.74, 6) is 1.19. The number of anilines is 1. The summed E-state index contributed by atoms with van der Waals surface area (Å²) in [4.78, 5) is 22.2. The molecule has 0 aliphatic carbocycles. The molecule has 9 nitrogen and oxygen atoms in total. The number of fused-ring (bicyclic) bond motifs is 1. The molecule has 0 bridgehead atoms. The number of hydrogen-bond acceptors (Lipinski definition) is 7. The summed E-state index contributed by atoms with van der Waals surface area (Å²) in [6, 6.07) is 11.0. The molecule has 1 aliphatic heterocycles. The largest absolute Gasteiger partial charge is 0.456 e. The van der Waals surface area contributed by atoms with Crippen molar-refractivity contribution in [2.24, 2.45) is 0 Å². The molecule has 10 heteroatoms. The average molecular weight is 500 g/mol. The average Bonchev–Trinajstić information content (AvgIpc) is 3.33. The van der Waals surface area contributed by atoms with Crippen LogP contribution in [0.2, 0.25) is 5.02 Å². The van der Waals surface area contributed by atoms with Crippen molar-refractivity contribution in [1.29, 1.82) is 5.26 Å². The number of likely N-dealkylation sites (tertiary alicyclic amines) is 1. The molecule has 4 aromatic rings. The number of carbonyl (C=O) groups is 1. The van der Waals surface area contributed by atoms with Gasteiger partial charge in [0, 0.05) is 37.1 Å². The number of piperidine rings is 1. The quantitative estimate of drug-likeness (QED) is 0.393. The van der Waals surface area contributed by atoms with E-state index in [9.17, 15) is 10.1 Å². The van der Waals surface area contributed by atoms with Gasteiger partial charge in [0.05, 0.1) is 28.2 Å². The Morgan fingerprint density at radius 3 is 2.83 bits per heavy atom. The minimum atomic E-state index is -0.104. The molecule has 5 rings (SSSR count). The van der Waals surface area contributed by atoms with Gasteiger partial charge >= 0.3 is 0 Å². The maximum atomic E-state index is 12.2. The van der Waals surface area contributed by atoms with Gasteiger partial charge in [0.15, 0.2) is 0 Å². The summed E-state index contributed by atoms with van der Waals surface area (Å²) in [5, 5.41) is 15.3. The van der Waals surface area contributed by atoms with E-state index in [2.05, 4.69) is 22.6 Å². The highest BCUT2D eigenvalue weighted by Crippen LogP contribution is 2.38. The van der Waals surface area contributed by atoms with E-state index in [0.717, 1.165) is 18.4 Å². The third-order valence-corrected chi connectivity index (χ3v) is 6.47. The van der Waals surface area contributed by atoms with Crippen LogP contribution in [0.15, 0.2) is 61.6 Å². The molecule has 1 aromatic carbocycles. The Morgan fingerprint density at radius 1 is 1.28 bits per heavy atom. The Morgan fingerprint density at radius 2 is 2.08 bits per heavy atom. The molecular formula is C26H22ClN7O2. The second-order valence-electron chi connectivity index (χ2n) is 8.40. The van der Waals surface area contributed by atoms with E-state index in [1.165, 1.54) is 18.5 Å². The van der Waals surface area contributed by atoms with Crippen LogP contribution in [-0.2, 0) is 4.79 Å². The molecular weight excluding hydrogens is 478 g/mol. The molecule has 0 radical (unpaired) electrons. The zero-order valence-corrected chi connectivity index (χ0v) is 20.0. The minimum Gasteiger partial charge on any atom is -0.456 e. The normalized spacial score (nSPS) is 15.4. The Balaban J connectivity index is 1.53. The number of nitriles is 1. The van der Waals surface area contributed by atoms with Crippen LogP contribution in [0.1, 0.15) is 24.4 Å². The van der Waals surface area contributed by atoms with Crippen molar-refractivity contribution >= 4 is 34.2 Å². The first-order valence-electron chi connectivity index (χ1n) is 11.4. The molecule has 0 unspecified atom stereocenters. The molecule has 1 amide bonds. The lowest BCUT2D eigenvalue weighted by molar-refractivity contribution is -0.127. The molecule has 1 atom stereocenters. The molecule has 3 aromatic heterocycles. The first-order valence-corrected chi connectivity index (χ1v) is 11.7. The van der Waals surface area contributed by atoms with Gasteiger partial charge in [-0.2, -0.15) is 10.4 Å². The zero-order valence-electron chi connectivity index (χ0n) is 19.3. The second kappa shape index (κ2) is 9.68. The van der Waals surface area contributed by atoms with E-state index in [4.69, 9.17) is 27.2 Å². The SMILES string of the molecule is C=CC(=O)N1CCC[C@@H](n2nc(-c3ccc(Oc4ccncc4C#N)cc3)c3c(N)ncc(Cl)c32)C1. The number of aromatic nitrogens is 4. The van der Waals surface area contributed by atoms with Gasteiger partial charge in [0.1, 0.15) is 34.6 Å². The Kier molecular flexibility index (Phi) is 6.27. The number of amides is 1. The van der Waals surface area contributed by atoms with E-state index in [0.29, 0.717) is 57.6 Å². The minimum absolute atomic E-state index is 0.0723. The number of nitrogens with two attached hydrogens (primary N) is 1. The molecule has 1 fully saturated rings. The van der Waals surface area contributed by atoms with Crippen LogP contribution in [0.4, 0.5) is 5.82 Å². The summed E-state index contributed by atoms with van der Waals surface area (Å²) in [5.41, 5.74) is 8.77. The third-order valence-electron chi connectivity index (χ3n) is 6.20. The number of nitrogen functional groups attached to an aromatic ring is 1. The van der Waals surface area contributed by atoms with Gasteiger partial charge in [-0.05, 0) is 43.2 Å². The summed E-state index contributed by atoms with van der Waals surface area (Å²) < 4.78 is 7.74. The van der Waals surface area contributed by atoms with Gasteiger partial charge in [-0.1, -0.05) is 18.2 Å². The number of ether oxygens (including phenoxy) is 1. The number of hydrogen-bond donors (Lipinski definition) is 1. The number of halogens is 1. The van der Waals surface area contributed by atoms with Crippen LogP contribution in [0.25, 0.3) is 22.2 Å². The third kappa shape index (κ3) is 4.23. The smallest absolute Gasteiger partial charge is 0.246 e. The number of benzene rings is 1. The molecule has 0 saturated carbocycles. The first-order chi connectivity index (χ1) is 17.5. The summed E-state index contributed by atoms with van der Waals surface area (Å²) in [6.45, 7) is 4.78. The predicted molar refractivity (Wildman–Crippen MR) is 136 cm³/mol. The highest BCUT2D eigenvalue weighted by atomic mass is 35.5. The van der Waals surface area contributed by atoms with Gasteiger partial charge in [0.2, 0.25) is 5.91 Å². The number of carbonyl (C=O) groups excluding carboxylic acids is 1. The van der Waals surface area contributed by atoms with E-state index in [-0.39, 0.29) is 11.9 Å². The van der Waals surface area contributed by atoms with Crippen LogP contribution >= 0.6 is 11.6 Å². The van der Waals surface area contributed by atoms with Gasteiger partial charge < -0.3 is 15.4 Å². The Labute approximate surface area is 212 Å². The fourth-order valence-electron chi connectivity index (χ4n) is 4.47. The van der Waals surface area contributed by atoms with Crippen LogP contribution in [0.3, 0.4) is 0 Å². The first kappa shape index (κ1) is 23.3. The van der Waals surface area contributed by atoms with Gasteiger partial charge in [0.25, 0.3) is 0 Å².